The van der Waals surface area contributed by atoms with Crippen LogP contribution in [0.1, 0.15) is 5.56 Å². The van der Waals surface area contributed by atoms with E-state index in [1.165, 1.54) is 6.07 Å². The van der Waals surface area contributed by atoms with E-state index in [-0.39, 0.29) is 17.6 Å². The van der Waals surface area contributed by atoms with E-state index in [9.17, 15) is 18.3 Å². The van der Waals surface area contributed by atoms with Crippen LogP contribution < -0.4 is 5.32 Å². The minimum Gasteiger partial charge on any atom is -0.396 e. The smallest absolute Gasteiger partial charge is 0.393 e. The highest BCUT2D eigenvalue weighted by molar-refractivity contribution is 5.51. The van der Waals surface area contributed by atoms with Gasteiger partial charge in [0.05, 0.1) is 31.7 Å². The number of benzene rings is 1. The summed E-state index contributed by atoms with van der Waals surface area (Å²) in [5.41, 5.74) is 0.300. The first-order valence-electron chi connectivity index (χ1n) is 6.01. The Morgan fingerprint density at radius 2 is 1.95 bits per heavy atom. The summed E-state index contributed by atoms with van der Waals surface area (Å²) in [6.07, 6.45) is -5.19. The third-order valence-electron chi connectivity index (χ3n) is 3.21. The van der Waals surface area contributed by atoms with Crippen molar-refractivity contribution in [2.24, 2.45) is 5.41 Å². The van der Waals surface area contributed by atoms with Gasteiger partial charge in [0.15, 0.2) is 0 Å². The van der Waals surface area contributed by atoms with Gasteiger partial charge in [0, 0.05) is 12.2 Å². The maximum Gasteiger partial charge on any atom is 0.393 e. The molecule has 0 amide bonds. The fraction of sp³-hybridized carbons (Fsp3) is 0.538. The molecule has 0 unspecified atom stereocenters. The monoisotopic (exact) mass is 275 g/mol. The van der Waals surface area contributed by atoms with Crippen LogP contribution in [0, 0.1) is 5.41 Å². The second-order valence-electron chi connectivity index (χ2n) is 4.95. The summed E-state index contributed by atoms with van der Waals surface area (Å²) in [6, 6.07) is 6.34. The van der Waals surface area contributed by atoms with Gasteiger partial charge in [-0.2, -0.15) is 13.2 Å². The topological polar surface area (TPSA) is 41.5 Å². The Morgan fingerprint density at radius 3 is 2.47 bits per heavy atom. The summed E-state index contributed by atoms with van der Waals surface area (Å²) >= 11 is 0. The molecule has 3 nitrogen and oxygen atoms in total. The maximum absolute atomic E-state index is 12.5. The van der Waals surface area contributed by atoms with E-state index in [0.29, 0.717) is 25.4 Å². The van der Waals surface area contributed by atoms with E-state index in [2.05, 4.69) is 5.32 Å². The van der Waals surface area contributed by atoms with Crippen molar-refractivity contribution < 1.29 is 23.0 Å². The molecule has 1 heterocycles. The van der Waals surface area contributed by atoms with Crippen molar-refractivity contribution in [2.45, 2.75) is 12.6 Å². The zero-order valence-electron chi connectivity index (χ0n) is 10.3. The molecule has 1 fully saturated rings. The minimum absolute atomic E-state index is 0.0402. The summed E-state index contributed by atoms with van der Waals surface area (Å²) in [5.74, 6) is 0. The van der Waals surface area contributed by atoms with Crippen LogP contribution in [0.5, 0.6) is 0 Å². The minimum atomic E-state index is -4.23. The summed E-state index contributed by atoms with van der Waals surface area (Å²) in [4.78, 5) is 0. The zero-order valence-corrected chi connectivity index (χ0v) is 10.3. The Kier molecular flexibility index (Phi) is 4.01. The molecule has 19 heavy (non-hydrogen) atoms. The van der Waals surface area contributed by atoms with Crippen molar-refractivity contribution in [2.75, 3.05) is 31.7 Å². The first kappa shape index (κ1) is 14.1. The number of hydrogen-bond donors (Lipinski definition) is 2. The van der Waals surface area contributed by atoms with Crippen molar-refractivity contribution in [1.29, 1.82) is 0 Å². The number of anilines is 1. The number of aliphatic hydroxyl groups is 1. The lowest BCUT2D eigenvalue weighted by Gasteiger charge is -2.40. The second kappa shape index (κ2) is 5.38. The third kappa shape index (κ3) is 3.61. The summed E-state index contributed by atoms with van der Waals surface area (Å²) in [5, 5.41) is 12.3. The second-order valence-corrected chi connectivity index (χ2v) is 4.95. The van der Waals surface area contributed by atoms with E-state index in [4.69, 9.17) is 4.74 Å². The van der Waals surface area contributed by atoms with Gasteiger partial charge < -0.3 is 15.2 Å². The largest absolute Gasteiger partial charge is 0.396 e. The Morgan fingerprint density at radius 1 is 1.26 bits per heavy atom. The molecular formula is C13H16F3NO2. The van der Waals surface area contributed by atoms with E-state index < -0.39 is 12.6 Å². The van der Waals surface area contributed by atoms with Crippen molar-refractivity contribution >= 4 is 5.69 Å². The maximum atomic E-state index is 12.5. The predicted octanol–water partition coefficient (Wildman–Crippen LogP) is 2.21. The summed E-state index contributed by atoms with van der Waals surface area (Å²) < 4.78 is 42.4. The van der Waals surface area contributed by atoms with Gasteiger partial charge in [0.25, 0.3) is 0 Å². The molecule has 1 aromatic carbocycles. The molecule has 6 heteroatoms. The molecule has 0 saturated carbocycles. The van der Waals surface area contributed by atoms with Crippen LogP contribution in [-0.2, 0) is 11.2 Å². The molecule has 0 aliphatic carbocycles. The van der Waals surface area contributed by atoms with E-state index in [1.54, 1.807) is 18.2 Å². The number of nitrogens with one attached hydrogen (secondary N) is 1. The number of ether oxygens (including phenoxy) is 1. The normalized spacial score (nSPS) is 17.9. The van der Waals surface area contributed by atoms with Crippen molar-refractivity contribution in [3.63, 3.8) is 0 Å². The number of aliphatic hydroxyl groups excluding tert-OH is 1. The van der Waals surface area contributed by atoms with Gasteiger partial charge in [-0.25, -0.2) is 0 Å². The SMILES string of the molecule is OCC1(CNc2ccccc2CC(F)(F)F)COC1. The van der Waals surface area contributed by atoms with E-state index >= 15 is 0 Å². The molecule has 0 aromatic heterocycles. The molecule has 1 aromatic rings. The molecule has 0 spiro atoms. The summed E-state index contributed by atoms with van der Waals surface area (Å²) in [7, 11) is 0. The number of para-hydroxylation sites is 1. The van der Waals surface area contributed by atoms with Gasteiger partial charge >= 0.3 is 6.18 Å². The molecule has 2 N–H and O–H groups in total. The lowest BCUT2D eigenvalue weighted by atomic mass is 9.87. The Labute approximate surface area is 109 Å². The molecule has 106 valence electrons. The molecule has 0 atom stereocenters. The molecule has 1 aliphatic rings. The number of alkyl halides is 3. The average molecular weight is 275 g/mol. The Bertz CT molecular complexity index is 425. The standard InChI is InChI=1S/C13H16F3NO2/c14-13(15,16)5-10-3-1-2-4-11(10)17-6-12(7-18)8-19-9-12/h1-4,17-18H,5-9H2. The fourth-order valence-corrected chi connectivity index (χ4v) is 1.99. The molecule has 2 rings (SSSR count). The van der Waals surface area contributed by atoms with Crippen LogP contribution in [0.2, 0.25) is 0 Å². The quantitative estimate of drug-likeness (QED) is 0.865. The Balaban J connectivity index is 2.03. The van der Waals surface area contributed by atoms with Gasteiger partial charge in [-0.3, -0.25) is 0 Å². The number of rotatable bonds is 5. The molecular weight excluding hydrogens is 259 g/mol. The van der Waals surface area contributed by atoms with Crippen LogP contribution in [0.4, 0.5) is 18.9 Å². The van der Waals surface area contributed by atoms with Crippen molar-refractivity contribution in [3.05, 3.63) is 29.8 Å². The molecule has 0 radical (unpaired) electrons. The molecule has 1 saturated heterocycles. The van der Waals surface area contributed by atoms with Gasteiger partial charge in [0.2, 0.25) is 0 Å². The predicted molar refractivity (Wildman–Crippen MR) is 65.0 cm³/mol. The van der Waals surface area contributed by atoms with Gasteiger partial charge in [-0.1, -0.05) is 18.2 Å². The number of hydrogen-bond acceptors (Lipinski definition) is 3. The highest BCUT2D eigenvalue weighted by Gasteiger charge is 2.38. The lowest BCUT2D eigenvalue weighted by molar-refractivity contribution is -0.128. The third-order valence-corrected chi connectivity index (χ3v) is 3.21. The van der Waals surface area contributed by atoms with Crippen LogP contribution in [0.15, 0.2) is 24.3 Å². The summed E-state index contributed by atoms with van der Waals surface area (Å²) in [6.45, 7) is 1.22. The van der Waals surface area contributed by atoms with Crippen LogP contribution in [0.25, 0.3) is 0 Å². The van der Waals surface area contributed by atoms with Crippen molar-refractivity contribution in [1.82, 2.24) is 0 Å². The molecule has 1 aliphatic heterocycles. The van der Waals surface area contributed by atoms with Crippen LogP contribution >= 0.6 is 0 Å². The van der Waals surface area contributed by atoms with Crippen LogP contribution in [0.3, 0.4) is 0 Å². The van der Waals surface area contributed by atoms with Crippen LogP contribution in [-0.4, -0.2) is 37.6 Å². The fourth-order valence-electron chi connectivity index (χ4n) is 1.99. The highest BCUT2D eigenvalue weighted by Crippen LogP contribution is 2.30. The van der Waals surface area contributed by atoms with E-state index in [1.807, 2.05) is 0 Å². The van der Waals surface area contributed by atoms with Gasteiger partial charge in [0.1, 0.15) is 0 Å². The first-order chi connectivity index (χ1) is 8.94. The first-order valence-corrected chi connectivity index (χ1v) is 6.01. The molecule has 0 bridgehead atoms. The Hall–Kier alpha value is -1.27. The van der Waals surface area contributed by atoms with Gasteiger partial charge in [-0.05, 0) is 11.6 Å². The van der Waals surface area contributed by atoms with Gasteiger partial charge in [-0.15, -0.1) is 0 Å². The zero-order chi connectivity index (χ0) is 13.9. The lowest BCUT2D eigenvalue weighted by Crippen LogP contribution is -2.50. The van der Waals surface area contributed by atoms with Crippen molar-refractivity contribution in [3.8, 4) is 0 Å². The number of halogens is 3. The van der Waals surface area contributed by atoms with E-state index in [0.717, 1.165) is 0 Å². The average Bonchev–Trinajstić information content (AvgIpc) is 2.28. The highest BCUT2D eigenvalue weighted by atomic mass is 19.4.